The zero-order valence-electron chi connectivity index (χ0n) is 17.3. The second kappa shape index (κ2) is 9.82. The van der Waals surface area contributed by atoms with Gasteiger partial charge in [0.2, 0.25) is 12.5 Å². The normalized spacial score (nSPS) is 12.1. The minimum Gasteiger partial charge on any atom is -0.492 e. The van der Waals surface area contributed by atoms with Crippen molar-refractivity contribution < 1.29 is 28.5 Å². The van der Waals surface area contributed by atoms with Crippen LogP contribution in [-0.4, -0.2) is 50.9 Å². The van der Waals surface area contributed by atoms with Gasteiger partial charge in [0.25, 0.3) is 0 Å². The summed E-state index contributed by atoms with van der Waals surface area (Å²) < 4.78 is 21.7. The maximum atomic E-state index is 12.5. The van der Waals surface area contributed by atoms with E-state index < -0.39 is 0 Å². The van der Waals surface area contributed by atoms with Crippen LogP contribution < -0.4 is 14.2 Å². The Morgan fingerprint density at radius 2 is 1.97 bits per heavy atom. The van der Waals surface area contributed by atoms with Crippen molar-refractivity contribution in [2.45, 2.75) is 13.3 Å². The van der Waals surface area contributed by atoms with Crippen LogP contribution in [0.4, 0.5) is 4.79 Å². The highest BCUT2D eigenvalue weighted by atomic mass is 16.7. The number of ether oxygens (including phenoxy) is 4. The van der Waals surface area contributed by atoms with Crippen LogP contribution in [-0.2, 0) is 11.2 Å². The van der Waals surface area contributed by atoms with Gasteiger partial charge in [-0.1, -0.05) is 30.3 Å². The van der Waals surface area contributed by atoms with E-state index in [2.05, 4.69) is 0 Å². The van der Waals surface area contributed by atoms with Crippen molar-refractivity contribution in [1.82, 2.24) is 4.90 Å². The van der Waals surface area contributed by atoms with Crippen LogP contribution in [0, 0.1) is 0 Å². The number of hydrogen-bond donors (Lipinski definition) is 0. The second-order valence-electron chi connectivity index (χ2n) is 6.65. The molecule has 0 aromatic heterocycles. The number of likely N-dealkylation sites (N-methyl/N-ethyl adjacent to an activating group) is 1. The van der Waals surface area contributed by atoms with Gasteiger partial charge in [0, 0.05) is 24.7 Å². The molecule has 0 bridgehead atoms. The molecule has 0 radical (unpaired) electrons. The van der Waals surface area contributed by atoms with Gasteiger partial charge >= 0.3 is 6.09 Å². The summed E-state index contributed by atoms with van der Waals surface area (Å²) in [6.07, 6.45) is 3.35. The lowest BCUT2D eigenvalue weighted by Crippen LogP contribution is -2.29. The predicted octanol–water partition coefficient (Wildman–Crippen LogP) is 3.95. The van der Waals surface area contributed by atoms with Gasteiger partial charge in [0.15, 0.2) is 17.3 Å². The van der Waals surface area contributed by atoms with Crippen molar-refractivity contribution in [3.8, 4) is 17.2 Å². The number of benzene rings is 2. The Morgan fingerprint density at radius 3 is 2.67 bits per heavy atom. The van der Waals surface area contributed by atoms with E-state index in [4.69, 9.17) is 18.9 Å². The lowest BCUT2D eigenvalue weighted by molar-refractivity contribution is 0.104. The number of hydrogen-bond acceptors (Lipinski definition) is 6. The molecule has 7 heteroatoms. The standard InChI is InChI=1S/C23H25NO6/c1-4-28-23(26)24(2)13-12-17-14-20-22(30-15-29-20)21(27-3)18(17)10-11-19(25)16-8-6-5-7-9-16/h5-11,14H,4,12-13,15H2,1-3H3/b11-10+. The van der Waals surface area contributed by atoms with Crippen molar-refractivity contribution in [1.29, 1.82) is 0 Å². The molecule has 0 saturated heterocycles. The summed E-state index contributed by atoms with van der Waals surface area (Å²) in [6, 6.07) is 10.9. The molecular weight excluding hydrogens is 386 g/mol. The average molecular weight is 411 g/mol. The molecule has 0 atom stereocenters. The van der Waals surface area contributed by atoms with Crippen molar-refractivity contribution in [3.05, 3.63) is 59.2 Å². The Kier molecular flexibility index (Phi) is 6.95. The molecule has 158 valence electrons. The predicted molar refractivity (Wildman–Crippen MR) is 112 cm³/mol. The minimum atomic E-state index is -0.387. The van der Waals surface area contributed by atoms with Crippen LogP contribution in [0.1, 0.15) is 28.4 Å². The van der Waals surface area contributed by atoms with Crippen LogP contribution in [0.25, 0.3) is 6.08 Å². The summed E-state index contributed by atoms with van der Waals surface area (Å²) in [5.74, 6) is 1.46. The number of rotatable bonds is 8. The van der Waals surface area contributed by atoms with Crippen LogP contribution in [0.3, 0.4) is 0 Å². The van der Waals surface area contributed by atoms with Gasteiger partial charge in [-0.05, 0) is 37.1 Å². The van der Waals surface area contributed by atoms with E-state index in [0.717, 1.165) is 5.56 Å². The number of nitrogens with zero attached hydrogens (tertiary/aromatic N) is 1. The largest absolute Gasteiger partial charge is 0.492 e. The van der Waals surface area contributed by atoms with Crippen LogP contribution >= 0.6 is 0 Å². The first-order chi connectivity index (χ1) is 14.5. The molecular formula is C23H25NO6. The van der Waals surface area contributed by atoms with Crippen molar-refractivity contribution in [2.24, 2.45) is 0 Å². The molecule has 0 aliphatic carbocycles. The maximum absolute atomic E-state index is 12.5. The first kappa shape index (κ1) is 21.2. The fourth-order valence-corrected chi connectivity index (χ4v) is 3.14. The molecule has 0 saturated carbocycles. The number of fused-ring (bicyclic) bond motifs is 1. The Hall–Kier alpha value is -3.48. The van der Waals surface area contributed by atoms with Gasteiger partial charge in [-0.15, -0.1) is 0 Å². The average Bonchev–Trinajstić information content (AvgIpc) is 3.24. The summed E-state index contributed by atoms with van der Waals surface area (Å²) in [4.78, 5) is 25.9. The summed E-state index contributed by atoms with van der Waals surface area (Å²) in [6.45, 7) is 2.61. The highest BCUT2D eigenvalue weighted by molar-refractivity contribution is 6.07. The fourth-order valence-electron chi connectivity index (χ4n) is 3.14. The summed E-state index contributed by atoms with van der Waals surface area (Å²) in [5.41, 5.74) is 2.17. The van der Waals surface area contributed by atoms with Crippen LogP contribution in [0.5, 0.6) is 17.2 Å². The van der Waals surface area contributed by atoms with Gasteiger partial charge in [-0.2, -0.15) is 0 Å². The number of methoxy groups -OCH3 is 1. The third kappa shape index (κ3) is 4.74. The second-order valence-corrected chi connectivity index (χ2v) is 6.65. The van der Waals surface area contributed by atoms with Crippen molar-refractivity contribution in [3.63, 3.8) is 0 Å². The van der Waals surface area contributed by atoms with Crippen LogP contribution in [0.2, 0.25) is 0 Å². The Bertz CT molecular complexity index is 938. The molecule has 30 heavy (non-hydrogen) atoms. The molecule has 7 nitrogen and oxygen atoms in total. The fraction of sp³-hybridized carbons (Fsp3) is 0.304. The third-order valence-electron chi connectivity index (χ3n) is 4.70. The quantitative estimate of drug-likeness (QED) is 0.484. The molecule has 1 aliphatic heterocycles. The molecule has 0 N–H and O–H groups in total. The van der Waals surface area contributed by atoms with E-state index in [1.54, 1.807) is 39.3 Å². The maximum Gasteiger partial charge on any atom is 0.409 e. The molecule has 1 aliphatic rings. The monoisotopic (exact) mass is 411 g/mol. The zero-order chi connectivity index (χ0) is 21.5. The molecule has 0 unspecified atom stereocenters. The molecule has 0 spiro atoms. The summed E-state index contributed by atoms with van der Waals surface area (Å²) in [5, 5.41) is 0. The molecule has 2 aromatic carbocycles. The number of carbonyl (C=O) groups excluding carboxylic acids is 2. The van der Waals surface area contributed by atoms with E-state index in [0.29, 0.717) is 47.9 Å². The number of ketones is 1. The lowest BCUT2D eigenvalue weighted by Gasteiger charge is -2.18. The van der Waals surface area contributed by atoms with Crippen molar-refractivity contribution >= 4 is 18.0 Å². The smallest absolute Gasteiger partial charge is 0.409 e. The SMILES string of the molecule is CCOC(=O)N(C)CCc1cc2c(c(OC)c1/C=C/C(=O)c1ccccc1)OCO2. The van der Waals surface area contributed by atoms with E-state index in [1.165, 1.54) is 11.0 Å². The first-order valence-electron chi connectivity index (χ1n) is 9.70. The van der Waals surface area contributed by atoms with E-state index in [-0.39, 0.29) is 18.7 Å². The number of carbonyl (C=O) groups is 2. The Labute approximate surface area is 175 Å². The van der Waals surface area contributed by atoms with Gasteiger partial charge in [0.05, 0.1) is 13.7 Å². The number of amides is 1. The summed E-state index contributed by atoms with van der Waals surface area (Å²) in [7, 11) is 3.22. The highest BCUT2D eigenvalue weighted by Gasteiger charge is 2.24. The number of allylic oxidation sites excluding steroid dienone is 1. The molecule has 2 aromatic rings. The molecule has 1 amide bonds. The lowest BCUT2D eigenvalue weighted by atomic mass is 10.00. The minimum absolute atomic E-state index is 0.101. The van der Waals surface area contributed by atoms with E-state index in [9.17, 15) is 9.59 Å². The van der Waals surface area contributed by atoms with E-state index in [1.807, 2.05) is 24.3 Å². The molecule has 0 fully saturated rings. The Balaban J connectivity index is 1.90. The third-order valence-corrected chi connectivity index (χ3v) is 4.70. The van der Waals surface area contributed by atoms with Gasteiger partial charge in [0.1, 0.15) is 0 Å². The van der Waals surface area contributed by atoms with Crippen LogP contribution in [0.15, 0.2) is 42.5 Å². The molecule has 1 heterocycles. The van der Waals surface area contributed by atoms with Gasteiger partial charge in [-0.25, -0.2) is 4.79 Å². The van der Waals surface area contributed by atoms with Gasteiger partial charge < -0.3 is 23.8 Å². The topological polar surface area (TPSA) is 74.3 Å². The zero-order valence-corrected chi connectivity index (χ0v) is 17.3. The summed E-state index contributed by atoms with van der Waals surface area (Å²) >= 11 is 0. The Morgan fingerprint density at radius 1 is 1.20 bits per heavy atom. The van der Waals surface area contributed by atoms with E-state index >= 15 is 0 Å². The van der Waals surface area contributed by atoms with Crippen molar-refractivity contribution in [2.75, 3.05) is 34.1 Å². The van der Waals surface area contributed by atoms with Gasteiger partial charge in [-0.3, -0.25) is 4.79 Å². The molecule has 3 rings (SSSR count). The first-order valence-corrected chi connectivity index (χ1v) is 9.70. The highest BCUT2D eigenvalue weighted by Crippen LogP contribution is 2.45.